The predicted octanol–water partition coefficient (Wildman–Crippen LogP) is 4.07. The van der Waals surface area contributed by atoms with Crippen molar-refractivity contribution in [2.75, 3.05) is 13.1 Å². The average Bonchev–Trinajstić information content (AvgIpc) is 2.80. The van der Waals surface area contributed by atoms with Crippen LogP contribution < -0.4 is 0 Å². The van der Waals surface area contributed by atoms with Crippen LogP contribution in [0.25, 0.3) is 0 Å². The minimum Gasteiger partial charge on any atom is -0.363 e. The number of fused-ring (bicyclic) bond motifs is 3. The second-order valence-electron chi connectivity index (χ2n) is 5.56. The Morgan fingerprint density at radius 3 is 2.52 bits per heavy atom. The number of benzene rings is 2. The van der Waals surface area contributed by atoms with Gasteiger partial charge < -0.3 is 10.0 Å². The van der Waals surface area contributed by atoms with E-state index in [1.54, 1.807) is 12.1 Å². The van der Waals surface area contributed by atoms with Crippen molar-refractivity contribution in [3.8, 4) is 0 Å². The first-order chi connectivity index (χ1) is 10.6. The van der Waals surface area contributed by atoms with Gasteiger partial charge >= 0.3 is 0 Å². The smallest absolute Gasteiger partial charge is 0.193 e. The predicted molar refractivity (Wildman–Crippen MR) is 95.9 cm³/mol. The SMILES string of the molecule is Cl.OC1(c2ccccc2)c2cc(Cl)c(Cl)cc2C2=NCCCN21. The molecule has 0 amide bonds. The first-order valence-electron chi connectivity index (χ1n) is 7.22. The van der Waals surface area contributed by atoms with Gasteiger partial charge in [0.1, 0.15) is 5.84 Å². The van der Waals surface area contributed by atoms with Gasteiger partial charge in [-0.15, -0.1) is 12.4 Å². The van der Waals surface area contributed by atoms with Gasteiger partial charge in [-0.05, 0) is 18.6 Å². The minimum absolute atomic E-state index is 0. The summed E-state index contributed by atoms with van der Waals surface area (Å²) in [5, 5.41) is 12.5. The maximum absolute atomic E-state index is 11.6. The van der Waals surface area contributed by atoms with Crippen molar-refractivity contribution in [2.24, 2.45) is 4.99 Å². The van der Waals surface area contributed by atoms with Gasteiger partial charge in [-0.2, -0.15) is 0 Å². The van der Waals surface area contributed by atoms with E-state index < -0.39 is 5.72 Å². The fourth-order valence-electron chi connectivity index (χ4n) is 3.30. The highest BCUT2D eigenvalue weighted by Crippen LogP contribution is 2.45. The normalized spacial score (nSPS) is 22.0. The van der Waals surface area contributed by atoms with Crippen LogP contribution >= 0.6 is 35.6 Å². The molecule has 0 fully saturated rings. The summed E-state index contributed by atoms with van der Waals surface area (Å²) >= 11 is 12.4. The topological polar surface area (TPSA) is 35.8 Å². The fraction of sp³-hybridized carbons (Fsp3) is 0.235. The van der Waals surface area contributed by atoms with E-state index in [2.05, 4.69) is 4.99 Å². The highest BCUT2D eigenvalue weighted by atomic mass is 35.5. The largest absolute Gasteiger partial charge is 0.363 e. The summed E-state index contributed by atoms with van der Waals surface area (Å²) in [4.78, 5) is 6.55. The molecule has 2 aliphatic heterocycles. The summed E-state index contributed by atoms with van der Waals surface area (Å²) in [6.45, 7) is 1.50. The maximum atomic E-state index is 11.6. The molecule has 2 aliphatic rings. The van der Waals surface area contributed by atoms with Crippen molar-refractivity contribution in [2.45, 2.75) is 12.1 Å². The molecule has 0 radical (unpaired) electrons. The molecule has 120 valence electrons. The number of nitrogens with zero attached hydrogens (tertiary/aromatic N) is 2. The van der Waals surface area contributed by atoms with E-state index in [9.17, 15) is 5.11 Å². The molecular weight excluding hydrogens is 355 g/mol. The van der Waals surface area contributed by atoms with Crippen molar-refractivity contribution in [3.63, 3.8) is 0 Å². The van der Waals surface area contributed by atoms with Crippen molar-refractivity contribution in [3.05, 3.63) is 69.2 Å². The van der Waals surface area contributed by atoms with E-state index in [1.165, 1.54) is 0 Å². The quantitative estimate of drug-likeness (QED) is 0.822. The molecule has 0 saturated heterocycles. The Balaban J connectivity index is 0.00000156. The highest BCUT2D eigenvalue weighted by Gasteiger charge is 2.49. The molecule has 4 rings (SSSR count). The summed E-state index contributed by atoms with van der Waals surface area (Å²) in [7, 11) is 0. The molecule has 0 saturated carbocycles. The molecule has 1 unspecified atom stereocenters. The lowest BCUT2D eigenvalue weighted by Gasteiger charge is -2.37. The van der Waals surface area contributed by atoms with Gasteiger partial charge in [0.2, 0.25) is 0 Å². The Bertz CT molecular complexity index is 779. The van der Waals surface area contributed by atoms with E-state index >= 15 is 0 Å². The van der Waals surface area contributed by atoms with Crippen molar-refractivity contribution in [1.29, 1.82) is 0 Å². The number of amidine groups is 1. The zero-order valence-electron chi connectivity index (χ0n) is 12.2. The second kappa shape index (κ2) is 5.99. The van der Waals surface area contributed by atoms with Crippen molar-refractivity contribution in [1.82, 2.24) is 4.90 Å². The van der Waals surface area contributed by atoms with Crippen LogP contribution in [-0.2, 0) is 5.72 Å². The third-order valence-corrected chi connectivity index (χ3v) is 5.02. The van der Waals surface area contributed by atoms with Gasteiger partial charge in [0.25, 0.3) is 0 Å². The first kappa shape index (κ1) is 16.6. The molecular formula is C17H15Cl3N2O. The van der Waals surface area contributed by atoms with Gasteiger partial charge in [-0.3, -0.25) is 4.99 Å². The third-order valence-electron chi connectivity index (χ3n) is 4.30. The molecule has 1 N–H and O–H groups in total. The van der Waals surface area contributed by atoms with Crippen LogP contribution in [0.1, 0.15) is 23.1 Å². The van der Waals surface area contributed by atoms with E-state index in [1.807, 2.05) is 35.2 Å². The minimum atomic E-state index is -1.25. The third kappa shape index (κ3) is 2.34. The van der Waals surface area contributed by atoms with E-state index in [4.69, 9.17) is 23.2 Å². The van der Waals surface area contributed by atoms with E-state index in [-0.39, 0.29) is 12.4 Å². The number of aliphatic hydroxyl groups is 1. The van der Waals surface area contributed by atoms with E-state index in [0.29, 0.717) is 10.0 Å². The highest BCUT2D eigenvalue weighted by molar-refractivity contribution is 6.42. The number of aliphatic imine (C=N–C) groups is 1. The molecule has 6 heteroatoms. The molecule has 0 aromatic heterocycles. The zero-order valence-corrected chi connectivity index (χ0v) is 14.5. The van der Waals surface area contributed by atoms with Gasteiger partial charge in [0.15, 0.2) is 5.72 Å². The standard InChI is InChI=1S/C17H14Cl2N2O.ClH/c18-14-9-12-13(10-15(14)19)17(22,11-5-2-1-3-6-11)21-8-4-7-20-16(12)21;/h1-3,5-6,9-10,22H,4,7-8H2;1H. The van der Waals surface area contributed by atoms with Gasteiger partial charge in [-0.25, -0.2) is 0 Å². The molecule has 0 spiro atoms. The van der Waals surface area contributed by atoms with Crippen LogP contribution in [0.15, 0.2) is 47.5 Å². The number of hydrogen-bond donors (Lipinski definition) is 1. The lowest BCUT2D eigenvalue weighted by atomic mass is 9.94. The zero-order chi connectivity index (χ0) is 15.3. The molecule has 2 aromatic carbocycles. The van der Waals surface area contributed by atoms with Crippen molar-refractivity contribution >= 4 is 41.4 Å². The maximum Gasteiger partial charge on any atom is 0.193 e. The van der Waals surface area contributed by atoms with E-state index in [0.717, 1.165) is 42.0 Å². The lowest BCUT2D eigenvalue weighted by molar-refractivity contribution is -0.0317. The van der Waals surface area contributed by atoms with Crippen LogP contribution in [0.2, 0.25) is 10.0 Å². The molecule has 2 heterocycles. The number of rotatable bonds is 1. The van der Waals surface area contributed by atoms with Crippen LogP contribution in [0.5, 0.6) is 0 Å². The summed E-state index contributed by atoms with van der Waals surface area (Å²) in [5.41, 5.74) is 1.17. The lowest BCUT2D eigenvalue weighted by Crippen LogP contribution is -2.47. The fourth-order valence-corrected chi connectivity index (χ4v) is 3.63. The Labute approximate surface area is 151 Å². The van der Waals surface area contributed by atoms with Crippen molar-refractivity contribution < 1.29 is 5.11 Å². The Morgan fingerprint density at radius 2 is 1.78 bits per heavy atom. The van der Waals surface area contributed by atoms with Gasteiger partial charge in [0, 0.05) is 29.8 Å². The Kier molecular flexibility index (Phi) is 4.32. The van der Waals surface area contributed by atoms with Crippen LogP contribution in [0.3, 0.4) is 0 Å². The first-order valence-corrected chi connectivity index (χ1v) is 7.98. The Hall–Kier alpha value is -1.26. The van der Waals surface area contributed by atoms with Crippen LogP contribution in [0.4, 0.5) is 0 Å². The molecule has 0 bridgehead atoms. The molecule has 1 atom stereocenters. The molecule has 0 aliphatic carbocycles. The van der Waals surface area contributed by atoms with Crippen LogP contribution in [-0.4, -0.2) is 28.9 Å². The second-order valence-corrected chi connectivity index (χ2v) is 6.38. The molecule has 3 nitrogen and oxygen atoms in total. The monoisotopic (exact) mass is 368 g/mol. The Morgan fingerprint density at radius 1 is 1.09 bits per heavy atom. The summed E-state index contributed by atoms with van der Waals surface area (Å²) < 4.78 is 0. The molecule has 2 aromatic rings. The van der Waals surface area contributed by atoms with Crippen LogP contribution in [0, 0.1) is 0 Å². The van der Waals surface area contributed by atoms with Gasteiger partial charge in [0.05, 0.1) is 10.0 Å². The number of hydrogen-bond acceptors (Lipinski definition) is 3. The van der Waals surface area contributed by atoms with Gasteiger partial charge in [-0.1, -0.05) is 53.5 Å². The summed E-state index contributed by atoms with van der Waals surface area (Å²) in [6, 6.07) is 13.2. The average molecular weight is 370 g/mol. The number of halogens is 3. The molecule has 23 heavy (non-hydrogen) atoms. The summed E-state index contributed by atoms with van der Waals surface area (Å²) in [6.07, 6.45) is 0.911. The summed E-state index contributed by atoms with van der Waals surface area (Å²) in [5.74, 6) is 0.797.